The lowest BCUT2D eigenvalue weighted by atomic mass is 9.76. The molecule has 1 aromatic heterocycles. The molecule has 0 saturated carbocycles. The van der Waals surface area contributed by atoms with Gasteiger partial charge in [-0.1, -0.05) is 140 Å². The molecule has 2 unspecified atom stereocenters. The number of amidine groups is 1. The van der Waals surface area contributed by atoms with E-state index in [1.807, 2.05) is 0 Å². The third kappa shape index (κ3) is 6.09. The van der Waals surface area contributed by atoms with Crippen LogP contribution >= 0.6 is 0 Å². The zero-order valence-electron chi connectivity index (χ0n) is 33.7. The Morgan fingerprint density at radius 2 is 1.47 bits per heavy atom. The molecule has 6 aromatic rings. The molecule has 1 N–H and O–H groups in total. The smallest absolute Gasteiger partial charge is 0.136 e. The third-order valence-electron chi connectivity index (χ3n) is 13.1. The number of allylic oxidation sites excluding steroid dienone is 9. The quantitative estimate of drug-likeness (QED) is 0.184. The van der Waals surface area contributed by atoms with E-state index in [2.05, 4.69) is 188 Å². The second kappa shape index (κ2) is 14.3. The molecule has 0 saturated heterocycles. The fourth-order valence-corrected chi connectivity index (χ4v) is 10.2. The zero-order chi connectivity index (χ0) is 39.5. The number of fused-ring (bicyclic) bond motifs is 6. The third-order valence-corrected chi connectivity index (χ3v) is 13.1. The summed E-state index contributed by atoms with van der Waals surface area (Å²) in [6.07, 6.45) is 24.9. The van der Waals surface area contributed by atoms with Gasteiger partial charge in [0.1, 0.15) is 22.5 Å². The molecule has 4 nitrogen and oxygen atoms in total. The fraction of sp³-hybridized carbons (Fsp3) is 0.182. The molecule has 0 fully saturated rings. The van der Waals surface area contributed by atoms with Crippen LogP contribution in [0.15, 0.2) is 207 Å². The average molecular weight is 766 g/mol. The van der Waals surface area contributed by atoms with Crippen molar-refractivity contribution in [3.05, 3.63) is 209 Å². The minimum Gasteiger partial charge on any atom is -0.456 e. The first-order valence-electron chi connectivity index (χ1n) is 21.2. The lowest BCUT2D eigenvalue weighted by Crippen LogP contribution is -2.38. The van der Waals surface area contributed by atoms with Gasteiger partial charge in [-0.25, -0.2) is 0 Å². The molecule has 4 heteroatoms. The van der Waals surface area contributed by atoms with E-state index in [0.717, 1.165) is 66.5 Å². The fourth-order valence-electron chi connectivity index (χ4n) is 10.2. The Labute approximate surface area is 346 Å². The normalized spacial score (nSPS) is 21.3. The van der Waals surface area contributed by atoms with Crippen molar-refractivity contribution in [3.8, 4) is 22.3 Å². The van der Waals surface area contributed by atoms with E-state index in [4.69, 9.17) is 9.41 Å². The average Bonchev–Trinajstić information content (AvgIpc) is 3.67. The monoisotopic (exact) mass is 765 g/mol. The van der Waals surface area contributed by atoms with Gasteiger partial charge < -0.3 is 14.6 Å². The van der Waals surface area contributed by atoms with Crippen LogP contribution in [-0.4, -0.2) is 18.4 Å². The van der Waals surface area contributed by atoms with Gasteiger partial charge >= 0.3 is 0 Å². The van der Waals surface area contributed by atoms with Crippen LogP contribution in [0.2, 0.25) is 0 Å². The summed E-state index contributed by atoms with van der Waals surface area (Å²) >= 11 is 0. The molecule has 288 valence electrons. The number of rotatable bonds is 6. The largest absolute Gasteiger partial charge is 0.456 e. The molecule has 11 rings (SSSR count). The maximum Gasteiger partial charge on any atom is 0.136 e. The van der Waals surface area contributed by atoms with Crippen LogP contribution in [0.4, 0.5) is 5.69 Å². The van der Waals surface area contributed by atoms with Gasteiger partial charge in [-0.05, 0) is 114 Å². The Morgan fingerprint density at radius 3 is 2.27 bits per heavy atom. The lowest BCUT2D eigenvalue weighted by molar-refractivity contribution is 0.660. The molecule has 0 amide bonds. The topological polar surface area (TPSA) is 40.8 Å². The summed E-state index contributed by atoms with van der Waals surface area (Å²) in [5.41, 5.74) is 18.2. The number of nitrogens with one attached hydrogen (secondary N) is 1. The van der Waals surface area contributed by atoms with Crippen molar-refractivity contribution in [2.24, 2.45) is 4.99 Å². The van der Waals surface area contributed by atoms with Gasteiger partial charge in [-0.2, -0.15) is 0 Å². The first-order chi connectivity index (χ1) is 29.0. The van der Waals surface area contributed by atoms with Crippen molar-refractivity contribution in [2.75, 3.05) is 11.9 Å². The van der Waals surface area contributed by atoms with Gasteiger partial charge in [-0.3, -0.25) is 4.99 Å². The molecule has 59 heavy (non-hydrogen) atoms. The van der Waals surface area contributed by atoms with Crippen molar-refractivity contribution < 1.29 is 4.42 Å². The van der Waals surface area contributed by atoms with Gasteiger partial charge in [0.05, 0.1) is 6.04 Å². The van der Waals surface area contributed by atoms with Crippen LogP contribution in [0, 0.1) is 0 Å². The van der Waals surface area contributed by atoms with E-state index >= 15 is 0 Å². The molecule has 3 heterocycles. The molecule has 5 aliphatic rings. The molecule has 0 bridgehead atoms. The van der Waals surface area contributed by atoms with E-state index in [-0.39, 0.29) is 6.04 Å². The Bertz CT molecular complexity index is 2930. The number of likely N-dealkylation sites (N-methyl/N-ethyl adjacent to an activating group) is 1. The summed E-state index contributed by atoms with van der Waals surface area (Å²) in [6.45, 7) is 2.28. The summed E-state index contributed by atoms with van der Waals surface area (Å²) in [5, 5.41) is 6.07. The predicted octanol–water partition coefficient (Wildman–Crippen LogP) is 13.7. The summed E-state index contributed by atoms with van der Waals surface area (Å²) in [6, 6.07) is 41.3. The van der Waals surface area contributed by atoms with E-state index in [1.54, 1.807) is 0 Å². The van der Waals surface area contributed by atoms with Crippen LogP contribution in [0.1, 0.15) is 62.6 Å². The number of nitrogens with zero attached hydrogens (tertiary/aromatic N) is 2. The minimum atomic E-state index is -0.490. The number of hydrogen-bond acceptors (Lipinski definition) is 4. The van der Waals surface area contributed by atoms with Gasteiger partial charge in [-0.15, -0.1) is 0 Å². The Morgan fingerprint density at radius 1 is 0.712 bits per heavy atom. The van der Waals surface area contributed by atoms with E-state index < -0.39 is 5.54 Å². The van der Waals surface area contributed by atoms with E-state index in [1.165, 1.54) is 72.5 Å². The van der Waals surface area contributed by atoms with Crippen LogP contribution in [0.25, 0.3) is 44.2 Å². The van der Waals surface area contributed by atoms with Crippen LogP contribution in [0.3, 0.4) is 0 Å². The highest BCUT2D eigenvalue weighted by Gasteiger charge is 2.36. The maximum absolute atomic E-state index is 6.69. The Kier molecular flexibility index (Phi) is 8.62. The highest BCUT2D eigenvalue weighted by atomic mass is 16.3. The zero-order valence-corrected chi connectivity index (χ0v) is 33.7. The van der Waals surface area contributed by atoms with Gasteiger partial charge in [0.15, 0.2) is 0 Å². The van der Waals surface area contributed by atoms with Crippen molar-refractivity contribution in [1.82, 2.24) is 5.32 Å². The Hall–Kier alpha value is -6.65. The van der Waals surface area contributed by atoms with Crippen LogP contribution in [0.5, 0.6) is 0 Å². The molecular formula is C55H47N3O. The molecule has 3 aliphatic carbocycles. The van der Waals surface area contributed by atoms with Gasteiger partial charge in [0, 0.05) is 45.9 Å². The van der Waals surface area contributed by atoms with Gasteiger partial charge in [0.2, 0.25) is 0 Å². The SMILES string of the molecule is CN1c2ccccc2-c2c(cc3oc4ccccc4c3c2-c2ccccc2)C1C1=CC=C(C2=CC(C3(C)C=C(C4=CC=CCC4)NC(c4ccccc4)=N3)=CCC2)CC1. The van der Waals surface area contributed by atoms with E-state index in [0.29, 0.717) is 0 Å². The first-order valence-corrected chi connectivity index (χ1v) is 21.2. The molecule has 2 atom stereocenters. The summed E-state index contributed by atoms with van der Waals surface area (Å²) < 4.78 is 6.69. The summed E-state index contributed by atoms with van der Waals surface area (Å²) in [4.78, 5) is 7.94. The second-order valence-electron chi connectivity index (χ2n) is 16.7. The maximum atomic E-state index is 6.69. The second-order valence-corrected chi connectivity index (χ2v) is 16.7. The molecular weight excluding hydrogens is 719 g/mol. The van der Waals surface area contributed by atoms with E-state index in [9.17, 15) is 0 Å². The van der Waals surface area contributed by atoms with Crippen molar-refractivity contribution in [2.45, 2.75) is 57.0 Å². The number of anilines is 1. The number of benzene rings is 5. The van der Waals surface area contributed by atoms with Crippen LogP contribution in [-0.2, 0) is 0 Å². The number of para-hydroxylation sites is 2. The number of hydrogen-bond donors (Lipinski definition) is 1. The highest BCUT2D eigenvalue weighted by Crippen LogP contribution is 2.55. The minimum absolute atomic E-state index is 0.0699. The molecule has 5 aromatic carbocycles. The molecule has 2 aliphatic heterocycles. The summed E-state index contributed by atoms with van der Waals surface area (Å²) in [5.74, 6) is 0.931. The molecule has 0 radical (unpaired) electrons. The first kappa shape index (κ1) is 35.5. The number of aliphatic imine (C=N–C) groups is 1. The predicted molar refractivity (Wildman–Crippen MR) is 246 cm³/mol. The molecule has 0 spiro atoms. The van der Waals surface area contributed by atoms with Crippen molar-refractivity contribution >= 4 is 33.5 Å². The lowest BCUT2D eigenvalue weighted by Gasteiger charge is -2.41. The summed E-state index contributed by atoms with van der Waals surface area (Å²) in [7, 11) is 2.27. The van der Waals surface area contributed by atoms with Crippen molar-refractivity contribution in [3.63, 3.8) is 0 Å². The standard InChI is InChI=1S/C55H47N3O/c1-55(35-46(37-17-6-3-7-18-37)56-54(57-55)40-21-10-5-11-22-40)42-24-16-23-41(33-42)36-29-31-39(32-30-36)53-45-34-49-52(44-26-13-15-28-48(44)59-49)50(38-19-8-4-9-20-38)51(45)43-25-12-14-27-47(43)58(53)2/h3-6,8-15,17,19-22,24-29,31,33-35,53H,7,16,18,23,30,32H2,1-2H3,(H,56,57). The van der Waals surface area contributed by atoms with Gasteiger partial charge in [0.25, 0.3) is 0 Å². The van der Waals surface area contributed by atoms with Crippen molar-refractivity contribution in [1.29, 1.82) is 0 Å². The number of furan rings is 1. The Balaban J connectivity index is 1.00. The van der Waals surface area contributed by atoms with Crippen LogP contribution < -0.4 is 10.2 Å². The highest BCUT2D eigenvalue weighted by molar-refractivity contribution is 6.17.